The van der Waals surface area contributed by atoms with Crippen LogP contribution in [0.3, 0.4) is 0 Å². The van der Waals surface area contributed by atoms with Crippen LogP contribution in [0, 0.1) is 0 Å². The predicted molar refractivity (Wildman–Crippen MR) is 92.4 cm³/mol. The Morgan fingerprint density at radius 1 is 1.35 bits per heavy atom. The summed E-state index contributed by atoms with van der Waals surface area (Å²) in [5.74, 6) is 0.466. The Morgan fingerprint density at radius 3 is 2.65 bits per heavy atom. The molecule has 1 aromatic carbocycles. The summed E-state index contributed by atoms with van der Waals surface area (Å²) in [6, 6.07) is 6.93. The van der Waals surface area contributed by atoms with Gasteiger partial charge in [0.25, 0.3) is 5.95 Å². The van der Waals surface area contributed by atoms with Gasteiger partial charge in [-0.2, -0.15) is 15.0 Å². The SMILES string of the molecule is CCNc1nc(N=C(N)Nc2ccc(Cl)cc2)nc(N)c1C=O. The number of anilines is 3. The highest BCUT2D eigenvalue weighted by atomic mass is 35.5. The van der Waals surface area contributed by atoms with Crippen molar-refractivity contribution >= 4 is 47.1 Å². The van der Waals surface area contributed by atoms with Gasteiger partial charge in [-0.1, -0.05) is 11.6 Å². The van der Waals surface area contributed by atoms with Gasteiger partial charge in [-0.25, -0.2) is 0 Å². The number of aldehydes is 1. The van der Waals surface area contributed by atoms with Crippen LogP contribution in [-0.4, -0.2) is 28.8 Å². The van der Waals surface area contributed by atoms with Crippen molar-refractivity contribution in [2.75, 3.05) is 22.9 Å². The van der Waals surface area contributed by atoms with E-state index in [1.54, 1.807) is 24.3 Å². The molecule has 0 fully saturated rings. The minimum Gasteiger partial charge on any atom is -0.383 e. The van der Waals surface area contributed by atoms with Gasteiger partial charge in [-0.05, 0) is 31.2 Å². The standard InChI is InChI=1S/C14H16ClN7O/c1-2-18-12-10(7-23)11(16)20-14(21-12)22-13(17)19-9-5-3-8(15)4-6-9/h3-7H,2H2,1H3,(H6,16,17,18,19,20,21,22). The van der Waals surface area contributed by atoms with Crippen molar-refractivity contribution in [3.8, 4) is 0 Å². The first kappa shape index (κ1) is 16.5. The van der Waals surface area contributed by atoms with Crippen LogP contribution in [0.5, 0.6) is 0 Å². The van der Waals surface area contributed by atoms with Gasteiger partial charge >= 0.3 is 0 Å². The second kappa shape index (κ2) is 7.41. The smallest absolute Gasteiger partial charge is 0.256 e. The summed E-state index contributed by atoms with van der Waals surface area (Å²) in [7, 11) is 0. The van der Waals surface area contributed by atoms with Crippen molar-refractivity contribution in [3.05, 3.63) is 34.9 Å². The molecule has 0 aliphatic rings. The number of nitrogens with one attached hydrogen (secondary N) is 2. The summed E-state index contributed by atoms with van der Waals surface area (Å²) in [5.41, 5.74) is 12.5. The second-order valence-electron chi connectivity index (χ2n) is 4.45. The zero-order chi connectivity index (χ0) is 16.8. The van der Waals surface area contributed by atoms with Gasteiger partial charge in [0.2, 0.25) is 5.96 Å². The van der Waals surface area contributed by atoms with E-state index in [1.165, 1.54) is 0 Å². The van der Waals surface area contributed by atoms with E-state index in [1.807, 2.05) is 6.92 Å². The number of aliphatic imine (C=N–C) groups is 1. The minimum absolute atomic E-state index is 0.0315. The molecule has 8 nitrogen and oxygen atoms in total. The molecule has 0 aliphatic heterocycles. The fourth-order valence-corrected chi connectivity index (χ4v) is 1.89. The molecular weight excluding hydrogens is 318 g/mol. The second-order valence-corrected chi connectivity index (χ2v) is 4.88. The van der Waals surface area contributed by atoms with Crippen molar-refractivity contribution in [2.24, 2.45) is 10.7 Å². The highest BCUT2D eigenvalue weighted by molar-refractivity contribution is 6.30. The number of nitrogens with zero attached hydrogens (tertiary/aromatic N) is 3. The van der Waals surface area contributed by atoms with Crippen LogP contribution in [-0.2, 0) is 0 Å². The molecule has 0 unspecified atom stereocenters. The van der Waals surface area contributed by atoms with E-state index in [0.29, 0.717) is 29.4 Å². The molecule has 2 rings (SSSR count). The molecule has 120 valence electrons. The number of carbonyl (C=O) groups is 1. The van der Waals surface area contributed by atoms with Gasteiger partial charge in [-0.3, -0.25) is 4.79 Å². The summed E-state index contributed by atoms with van der Waals surface area (Å²) in [5, 5.41) is 6.42. The average Bonchev–Trinajstić information content (AvgIpc) is 2.50. The molecule has 0 spiro atoms. The molecule has 0 aliphatic carbocycles. The lowest BCUT2D eigenvalue weighted by Crippen LogP contribution is -2.22. The molecule has 23 heavy (non-hydrogen) atoms. The van der Waals surface area contributed by atoms with Gasteiger partial charge in [0.1, 0.15) is 11.6 Å². The van der Waals surface area contributed by atoms with Gasteiger partial charge < -0.3 is 22.1 Å². The molecule has 1 aromatic heterocycles. The van der Waals surface area contributed by atoms with E-state index in [9.17, 15) is 4.79 Å². The number of benzene rings is 1. The average molecular weight is 334 g/mol. The molecule has 0 bridgehead atoms. The van der Waals surface area contributed by atoms with Crippen LogP contribution in [0.1, 0.15) is 17.3 Å². The first-order chi connectivity index (χ1) is 11.0. The number of rotatable bonds is 5. The maximum Gasteiger partial charge on any atom is 0.256 e. The Bertz CT molecular complexity index is 731. The Kier molecular flexibility index (Phi) is 5.32. The third-order valence-electron chi connectivity index (χ3n) is 2.76. The third-order valence-corrected chi connectivity index (χ3v) is 3.01. The van der Waals surface area contributed by atoms with E-state index in [0.717, 1.165) is 0 Å². The Balaban J connectivity index is 2.26. The fraction of sp³-hybridized carbons (Fsp3) is 0.143. The zero-order valence-electron chi connectivity index (χ0n) is 12.4. The summed E-state index contributed by atoms with van der Waals surface area (Å²) in [6.45, 7) is 2.44. The summed E-state index contributed by atoms with van der Waals surface area (Å²) < 4.78 is 0. The molecule has 6 N–H and O–H groups in total. The Hall–Kier alpha value is -2.87. The van der Waals surface area contributed by atoms with E-state index in [-0.39, 0.29) is 23.3 Å². The maximum atomic E-state index is 11.0. The van der Waals surface area contributed by atoms with Gasteiger partial charge in [-0.15, -0.1) is 0 Å². The minimum atomic E-state index is 0.0315. The van der Waals surface area contributed by atoms with Crippen molar-refractivity contribution in [1.82, 2.24) is 9.97 Å². The number of aromatic nitrogens is 2. The Morgan fingerprint density at radius 2 is 2.04 bits per heavy atom. The Labute approximate surface area is 138 Å². The van der Waals surface area contributed by atoms with Crippen molar-refractivity contribution in [1.29, 1.82) is 0 Å². The topological polar surface area (TPSA) is 131 Å². The quantitative estimate of drug-likeness (QED) is 0.374. The van der Waals surface area contributed by atoms with Crippen molar-refractivity contribution in [3.63, 3.8) is 0 Å². The fourth-order valence-electron chi connectivity index (χ4n) is 1.76. The molecule has 0 radical (unpaired) electrons. The molecular formula is C14H16ClN7O. The lowest BCUT2D eigenvalue weighted by molar-refractivity contribution is 0.112. The summed E-state index contributed by atoms with van der Waals surface area (Å²) in [6.07, 6.45) is 0.593. The monoisotopic (exact) mass is 333 g/mol. The van der Waals surface area contributed by atoms with E-state index in [2.05, 4.69) is 25.6 Å². The first-order valence-corrected chi connectivity index (χ1v) is 7.14. The van der Waals surface area contributed by atoms with Crippen LogP contribution >= 0.6 is 11.6 Å². The normalized spacial score (nSPS) is 11.1. The van der Waals surface area contributed by atoms with Crippen molar-refractivity contribution < 1.29 is 4.79 Å². The number of nitrogens with two attached hydrogens (primary N) is 2. The van der Waals surface area contributed by atoms with Gasteiger partial charge in [0, 0.05) is 17.3 Å². The highest BCUT2D eigenvalue weighted by Crippen LogP contribution is 2.20. The molecule has 0 atom stereocenters. The van der Waals surface area contributed by atoms with E-state index >= 15 is 0 Å². The van der Waals surface area contributed by atoms with E-state index < -0.39 is 0 Å². The lowest BCUT2D eigenvalue weighted by atomic mass is 10.3. The molecule has 0 saturated heterocycles. The maximum absolute atomic E-state index is 11.0. The van der Waals surface area contributed by atoms with Crippen molar-refractivity contribution in [2.45, 2.75) is 6.92 Å². The van der Waals surface area contributed by atoms with Gasteiger partial charge in [0.15, 0.2) is 6.29 Å². The van der Waals surface area contributed by atoms with Crippen LogP contribution < -0.4 is 22.1 Å². The number of guanidine groups is 1. The highest BCUT2D eigenvalue weighted by Gasteiger charge is 2.11. The van der Waals surface area contributed by atoms with E-state index in [4.69, 9.17) is 23.1 Å². The number of carbonyl (C=O) groups excluding carboxylic acids is 1. The largest absolute Gasteiger partial charge is 0.383 e. The first-order valence-electron chi connectivity index (χ1n) is 6.76. The van der Waals surface area contributed by atoms with Gasteiger partial charge in [0.05, 0.1) is 5.56 Å². The number of halogens is 1. The summed E-state index contributed by atoms with van der Waals surface area (Å²) in [4.78, 5) is 23.2. The van der Waals surface area contributed by atoms with Crippen LogP contribution in [0.2, 0.25) is 5.02 Å². The zero-order valence-corrected chi connectivity index (χ0v) is 13.1. The molecule has 2 aromatic rings. The lowest BCUT2D eigenvalue weighted by Gasteiger charge is -2.09. The number of nitrogen functional groups attached to an aromatic ring is 1. The third kappa shape index (κ3) is 4.30. The van der Waals surface area contributed by atoms with Crippen LogP contribution in [0.4, 0.5) is 23.3 Å². The van der Waals surface area contributed by atoms with Crippen LogP contribution in [0.25, 0.3) is 0 Å². The molecule has 0 amide bonds. The molecule has 0 saturated carbocycles. The number of hydrogen-bond acceptors (Lipinski definition) is 6. The van der Waals surface area contributed by atoms with Crippen LogP contribution in [0.15, 0.2) is 29.3 Å². The molecule has 1 heterocycles. The summed E-state index contributed by atoms with van der Waals surface area (Å²) >= 11 is 5.81. The predicted octanol–water partition coefficient (Wildman–Crippen LogP) is 2.01. The molecule has 9 heteroatoms. The number of hydrogen-bond donors (Lipinski definition) is 4.